The van der Waals surface area contributed by atoms with Crippen molar-refractivity contribution in [3.63, 3.8) is 0 Å². The second kappa shape index (κ2) is 7.44. The van der Waals surface area contributed by atoms with E-state index in [2.05, 4.69) is 5.32 Å². The molecule has 2 rings (SSSR count). The van der Waals surface area contributed by atoms with Gasteiger partial charge in [0, 0.05) is 10.7 Å². The van der Waals surface area contributed by atoms with E-state index in [-0.39, 0.29) is 10.6 Å². The Morgan fingerprint density at radius 2 is 1.91 bits per heavy atom. The molecule has 0 spiro atoms. The minimum absolute atomic E-state index is 0.0106. The van der Waals surface area contributed by atoms with Gasteiger partial charge in [-0.3, -0.25) is 4.79 Å². The summed E-state index contributed by atoms with van der Waals surface area (Å²) in [6, 6.07) is 8.25. The average Bonchev–Trinajstić information content (AvgIpc) is 2.48. The standard InChI is InChI=1S/C16H12Cl2FNO3/c1-9-6-10(17)2-5-14(9)20-15(21)8-23-16(22)12-4-3-11(19)7-13(12)18/h2-7H,8H2,1H3,(H,20,21). The summed E-state index contributed by atoms with van der Waals surface area (Å²) in [7, 11) is 0. The second-order valence-corrected chi connectivity index (χ2v) is 5.55. The molecule has 0 heterocycles. The van der Waals surface area contributed by atoms with E-state index in [0.29, 0.717) is 10.7 Å². The van der Waals surface area contributed by atoms with Crippen molar-refractivity contribution in [1.29, 1.82) is 0 Å². The van der Waals surface area contributed by atoms with Gasteiger partial charge in [-0.1, -0.05) is 23.2 Å². The van der Waals surface area contributed by atoms with Crippen LogP contribution in [0, 0.1) is 12.7 Å². The monoisotopic (exact) mass is 355 g/mol. The number of rotatable bonds is 4. The topological polar surface area (TPSA) is 55.4 Å². The molecule has 0 saturated heterocycles. The van der Waals surface area contributed by atoms with Crippen LogP contribution < -0.4 is 5.32 Å². The molecule has 120 valence electrons. The van der Waals surface area contributed by atoms with Crippen LogP contribution in [-0.2, 0) is 9.53 Å². The Hall–Kier alpha value is -2.11. The predicted octanol–water partition coefficient (Wildman–Crippen LogP) is 4.24. The maximum absolute atomic E-state index is 12.9. The van der Waals surface area contributed by atoms with Crippen molar-refractivity contribution in [3.8, 4) is 0 Å². The number of anilines is 1. The van der Waals surface area contributed by atoms with E-state index in [1.54, 1.807) is 25.1 Å². The Labute approximate surface area is 142 Å². The van der Waals surface area contributed by atoms with Gasteiger partial charge < -0.3 is 10.1 Å². The van der Waals surface area contributed by atoms with Gasteiger partial charge in [-0.15, -0.1) is 0 Å². The fourth-order valence-corrected chi connectivity index (χ4v) is 2.29. The van der Waals surface area contributed by atoms with Crippen LogP contribution in [0.4, 0.5) is 10.1 Å². The van der Waals surface area contributed by atoms with E-state index in [1.165, 1.54) is 6.07 Å². The fraction of sp³-hybridized carbons (Fsp3) is 0.125. The molecule has 2 aromatic rings. The number of aryl methyl sites for hydroxylation is 1. The van der Waals surface area contributed by atoms with Gasteiger partial charge in [0.15, 0.2) is 6.61 Å². The summed E-state index contributed by atoms with van der Waals surface area (Å²) in [6.07, 6.45) is 0. The molecule has 4 nitrogen and oxygen atoms in total. The van der Waals surface area contributed by atoms with Crippen LogP contribution in [-0.4, -0.2) is 18.5 Å². The molecule has 1 amide bonds. The van der Waals surface area contributed by atoms with Crippen LogP contribution in [0.1, 0.15) is 15.9 Å². The van der Waals surface area contributed by atoms with Gasteiger partial charge in [0.2, 0.25) is 0 Å². The van der Waals surface area contributed by atoms with Gasteiger partial charge >= 0.3 is 5.97 Å². The van der Waals surface area contributed by atoms with Crippen LogP contribution in [0.5, 0.6) is 0 Å². The van der Waals surface area contributed by atoms with Crippen molar-refractivity contribution in [2.75, 3.05) is 11.9 Å². The Morgan fingerprint density at radius 3 is 2.57 bits per heavy atom. The highest BCUT2D eigenvalue weighted by Crippen LogP contribution is 2.20. The molecule has 0 aliphatic rings. The summed E-state index contributed by atoms with van der Waals surface area (Å²) in [5, 5.41) is 3.07. The molecule has 0 saturated carbocycles. The number of ether oxygens (including phenoxy) is 1. The molecule has 0 unspecified atom stereocenters. The van der Waals surface area contributed by atoms with Gasteiger partial charge in [0.1, 0.15) is 5.82 Å². The van der Waals surface area contributed by atoms with Crippen LogP contribution in [0.2, 0.25) is 10.0 Å². The third kappa shape index (κ3) is 4.68. The maximum Gasteiger partial charge on any atom is 0.340 e. The molecule has 2 aromatic carbocycles. The van der Waals surface area contributed by atoms with Gasteiger partial charge in [0.25, 0.3) is 5.91 Å². The highest BCUT2D eigenvalue weighted by Gasteiger charge is 2.14. The molecular formula is C16H12Cl2FNO3. The number of carbonyl (C=O) groups is 2. The van der Waals surface area contributed by atoms with Crippen LogP contribution in [0.3, 0.4) is 0 Å². The Kier molecular flexibility index (Phi) is 5.58. The lowest BCUT2D eigenvalue weighted by Gasteiger charge is -2.09. The third-order valence-corrected chi connectivity index (χ3v) is 3.50. The zero-order valence-electron chi connectivity index (χ0n) is 12.0. The largest absolute Gasteiger partial charge is 0.452 e. The number of esters is 1. The number of hydrogen-bond acceptors (Lipinski definition) is 3. The van der Waals surface area contributed by atoms with Crippen molar-refractivity contribution in [3.05, 3.63) is 63.4 Å². The zero-order valence-corrected chi connectivity index (χ0v) is 13.5. The van der Waals surface area contributed by atoms with Crippen molar-refractivity contribution >= 4 is 40.8 Å². The summed E-state index contributed by atoms with van der Waals surface area (Å²) in [4.78, 5) is 23.6. The van der Waals surface area contributed by atoms with Gasteiger partial charge in [-0.25, -0.2) is 9.18 Å². The zero-order chi connectivity index (χ0) is 17.0. The SMILES string of the molecule is Cc1cc(Cl)ccc1NC(=O)COC(=O)c1ccc(F)cc1Cl. The van der Waals surface area contributed by atoms with E-state index in [9.17, 15) is 14.0 Å². The highest BCUT2D eigenvalue weighted by atomic mass is 35.5. The minimum Gasteiger partial charge on any atom is -0.452 e. The van der Waals surface area contributed by atoms with E-state index in [4.69, 9.17) is 27.9 Å². The third-order valence-electron chi connectivity index (χ3n) is 2.95. The van der Waals surface area contributed by atoms with E-state index in [1.807, 2.05) is 0 Å². The molecule has 0 fully saturated rings. The molecule has 1 N–H and O–H groups in total. The highest BCUT2D eigenvalue weighted by molar-refractivity contribution is 6.33. The average molecular weight is 356 g/mol. The first-order valence-electron chi connectivity index (χ1n) is 6.55. The molecule has 7 heteroatoms. The van der Waals surface area contributed by atoms with Gasteiger partial charge in [0.05, 0.1) is 10.6 Å². The number of halogens is 3. The first kappa shape index (κ1) is 17.2. The molecule has 0 aliphatic carbocycles. The van der Waals surface area contributed by atoms with Gasteiger partial charge in [-0.05, 0) is 48.9 Å². The first-order valence-corrected chi connectivity index (χ1v) is 7.30. The van der Waals surface area contributed by atoms with Crippen LogP contribution in [0.15, 0.2) is 36.4 Å². The lowest BCUT2D eigenvalue weighted by Crippen LogP contribution is -2.21. The summed E-state index contributed by atoms with van der Waals surface area (Å²) >= 11 is 11.6. The summed E-state index contributed by atoms with van der Waals surface area (Å²) in [5.41, 5.74) is 1.33. The fourth-order valence-electron chi connectivity index (χ4n) is 1.82. The first-order chi connectivity index (χ1) is 10.9. The summed E-state index contributed by atoms with van der Waals surface area (Å²) in [6.45, 7) is 1.29. The van der Waals surface area contributed by atoms with Crippen LogP contribution in [0.25, 0.3) is 0 Å². The Balaban J connectivity index is 1.94. The number of hydrogen-bond donors (Lipinski definition) is 1. The molecule has 23 heavy (non-hydrogen) atoms. The van der Waals surface area contributed by atoms with Crippen molar-refractivity contribution in [2.24, 2.45) is 0 Å². The number of carbonyl (C=O) groups excluding carboxylic acids is 2. The predicted molar refractivity (Wildman–Crippen MR) is 86.5 cm³/mol. The number of nitrogens with one attached hydrogen (secondary N) is 1. The van der Waals surface area contributed by atoms with Gasteiger partial charge in [-0.2, -0.15) is 0 Å². The van der Waals surface area contributed by atoms with Crippen molar-refractivity contribution in [1.82, 2.24) is 0 Å². The Bertz CT molecular complexity index is 765. The maximum atomic E-state index is 12.9. The smallest absolute Gasteiger partial charge is 0.340 e. The quantitative estimate of drug-likeness (QED) is 0.834. The van der Waals surface area contributed by atoms with E-state index < -0.39 is 24.3 Å². The second-order valence-electron chi connectivity index (χ2n) is 4.71. The Morgan fingerprint density at radius 1 is 1.17 bits per heavy atom. The molecular weight excluding hydrogens is 344 g/mol. The van der Waals surface area contributed by atoms with Crippen LogP contribution >= 0.6 is 23.2 Å². The molecule has 0 atom stereocenters. The molecule has 0 aliphatic heterocycles. The minimum atomic E-state index is -0.807. The molecule has 0 bridgehead atoms. The molecule has 0 radical (unpaired) electrons. The van der Waals surface area contributed by atoms with E-state index in [0.717, 1.165) is 17.7 Å². The molecule has 0 aromatic heterocycles. The van der Waals surface area contributed by atoms with E-state index >= 15 is 0 Å². The summed E-state index contributed by atoms with van der Waals surface area (Å²) in [5.74, 6) is -1.89. The van der Waals surface area contributed by atoms with Crippen molar-refractivity contribution in [2.45, 2.75) is 6.92 Å². The number of amides is 1. The number of benzene rings is 2. The lowest BCUT2D eigenvalue weighted by molar-refractivity contribution is -0.119. The summed E-state index contributed by atoms with van der Waals surface area (Å²) < 4.78 is 17.8. The normalized spacial score (nSPS) is 10.3. The lowest BCUT2D eigenvalue weighted by atomic mass is 10.2. The van der Waals surface area contributed by atoms with Crippen molar-refractivity contribution < 1.29 is 18.7 Å².